The Morgan fingerprint density at radius 2 is 2.11 bits per heavy atom. The zero-order chi connectivity index (χ0) is 13.0. The van der Waals surface area contributed by atoms with Gasteiger partial charge in [-0.1, -0.05) is 18.2 Å². The van der Waals surface area contributed by atoms with E-state index in [1.807, 2.05) is 0 Å². The molecule has 0 aromatic heterocycles. The highest BCUT2D eigenvalue weighted by Gasteiger charge is 2.20. The lowest BCUT2D eigenvalue weighted by atomic mass is 9.92. The molecular weight excluding hydrogens is 224 g/mol. The van der Waals surface area contributed by atoms with Crippen molar-refractivity contribution in [3.63, 3.8) is 0 Å². The molecule has 1 aromatic rings. The maximum absolute atomic E-state index is 5.74. The third-order valence-corrected chi connectivity index (χ3v) is 3.89. The Morgan fingerprint density at radius 1 is 1.39 bits per heavy atom. The van der Waals surface area contributed by atoms with Crippen molar-refractivity contribution in [2.45, 2.75) is 51.7 Å². The molecule has 3 nitrogen and oxygen atoms in total. The van der Waals surface area contributed by atoms with Crippen LogP contribution in [0.1, 0.15) is 48.4 Å². The van der Waals surface area contributed by atoms with E-state index in [1.54, 1.807) is 0 Å². The SMILES string of the molecule is Cc1cccc(C)c1C(CCC1CCCO1)NN. The molecule has 100 valence electrons. The summed E-state index contributed by atoms with van der Waals surface area (Å²) >= 11 is 0. The molecule has 2 rings (SSSR count). The highest BCUT2D eigenvalue weighted by atomic mass is 16.5. The molecule has 18 heavy (non-hydrogen) atoms. The van der Waals surface area contributed by atoms with Crippen molar-refractivity contribution in [1.82, 2.24) is 5.43 Å². The fourth-order valence-corrected chi connectivity index (χ4v) is 2.91. The number of hydrogen-bond acceptors (Lipinski definition) is 3. The normalized spacial score (nSPS) is 21.2. The summed E-state index contributed by atoms with van der Waals surface area (Å²) in [6.07, 6.45) is 4.96. The van der Waals surface area contributed by atoms with Crippen LogP contribution in [0.3, 0.4) is 0 Å². The maximum Gasteiger partial charge on any atom is 0.0576 e. The minimum atomic E-state index is 0.232. The van der Waals surface area contributed by atoms with E-state index in [1.165, 1.54) is 29.5 Å². The average molecular weight is 248 g/mol. The van der Waals surface area contributed by atoms with Gasteiger partial charge in [-0.15, -0.1) is 0 Å². The predicted octanol–water partition coefficient (Wildman–Crippen LogP) is 2.77. The molecule has 1 aliphatic rings. The monoisotopic (exact) mass is 248 g/mol. The van der Waals surface area contributed by atoms with E-state index in [4.69, 9.17) is 10.6 Å². The van der Waals surface area contributed by atoms with Crippen LogP contribution >= 0.6 is 0 Å². The Kier molecular flexibility index (Phi) is 4.75. The minimum absolute atomic E-state index is 0.232. The Labute approximate surface area is 110 Å². The van der Waals surface area contributed by atoms with Gasteiger partial charge in [-0.25, -0.2) is 0 Å². The number of nitrogens with two attached hydrogens (primary N) is 1. The van der Waals surface area contributed by atoms with Crippen molar-refractivity contribution in [3.8, 4) is 0 Å². The molecule has 1 aliphatic heterocycles. The Bertz CT molecular complexity index is 366. The Hall–Kier alpha value is -0.900. The van der Waals surface area contributed by atoms with Gasteiger partial charge in [0.25, 0.3) is 0 Å². The van der Waals surface area contributed by atoms with E-state index in [0.29, 0.717) is 6.10 Å². The molecule has 1 aromatic carbocycles. The lowest BCUT2D eigenvalue weighted by Gasteiger charge is -2.22. The molecule has 0 bridgehead atoms. The molecule has 3 heteroatoms. The number of ether oxygens (including phenoxy) is 1. The van der Waals surface area contributed by atoms with Gasteiger partial charge >= 0.3 is 0 Å². The molecule has 2 atom stereocenters. The number of benzene rings is 1. The van der Waals surface area contributed by atoms with E-state index in [2.05, 4.69) is 37.5 Å². The van der Waals surface area contributed by atoms with E-state index in [9.17, 15) is 0 Å². The lowest BCUT2D eigenvalue weighted by molar-refractivity contribution is 0.0995. The standard InChI is InChI=1S/C15H24N2O/c1-11-5-3-6-12(2)15(11)14(17-16)9-8-13-7-4-10-18-13/h3,5-6,13-14,17H,4,7-10,16H2,1-2H3. The molecule has 0 aliphatic carbocycles. The summed E-state index contributed by atoms with van der Waals surface area (Å²) in [4.78, 5) is 0. The Balaban J connectivity index is 2.03. The van der Waals surface area contributed by atoms with Gasteiger partial charge in [0.1, 0.15) is 0 Å². The Morgan fingerprint density at radius 3 is 2.67 bits per heavy atom. The van der Waals surface area contributed by atoms with E-state index in [0.717, 1.165) is 19.4 Å². The summed E-state index contributed by atoms with van der Waals surface area (Å²) in [5.74, 6) is 5.74. The summed E-state index contributed by atoms with van der Waals surface area (Å²) in [7, 11) is 0. The fourth-order valence-electron chi connectivity index (χ4n) is 2.91. The van der Waals surface area contributed by atoms with Crippen LogP contribution in [0.25, 0.3) is 0 Å². The summed E-state index contributed by atoms with van der Waals surface area (Å²) in [6.45, 7) is 5.23. The van der Waals surface area contributed by atoms with Crippen LogP contribution in [0, 0.1) is 13.8 Å². The minimum Gasteiger partial charge on any atom is -0.378 e. The zero-order valence-electron chi connectivity index (χ0n) is 11.4. The maximum atomic E-state index is 5.74. The average Bonchev–Trinajstić information content (AvgIpc) is 2.86. The van der Waals surface area contributed by atoms with Gasteiger partial charge in [-0.2, -0.15) is 0 Å². The van der Waals surface area contributed by atoms with Gasteiger partial charge in [0.15, 0.2) is 0 Å². The highest BCUT2D eigenvalue weighted by Crippen LogP contribution is 2.27. The van der Waals surface area contributed by atoms with Crippen LogP contribution in [0.4, 0.5) is 0 Å². The van der Waals surface area contributed by atoms with Crippen LogP contribution in [0.5, 0.6) is 0 Å². The molecule has 3 N–H and O–H groups in total. The first-order valence-electron chi connectivity index (χ1n) is 6.86. The smallest absolute Gasteiger partial charge is 0.0576 e. The molecule has 0 saturated carbocycles. The van der Waals surface area contributed by atoms with E-state index >= 15 is 0 Å². The van der Waals surface area contributed by atoms with Crippen molar-refractivity contribution in [2.75, 3.05) is 6.61 Å². The third kappa shape index (κ3) is 3.10. The molecular formula is C15H24N2O. The zero-order valence-corrected chi connectivity index (χ0v) is 11.4. The van der Waals surface area contributed by atoms with Crippen LogP contribution < -0.4 is 11.3 Å². The lowest BCUT2D eigenvalue weighted by Crippen LogP contribution is -2.30. The number of nitrogens with one attached hydrogen (secondary N) is 1. The fraction of sp³-hybridized carbons (Fsp3) is 0.600. The van der Waals surface area contributed by atoms with Crippen molar-refractivity contribution in [3.05, 3.63) is 34.9 Å². The second kappa shape index (κ2) is 6.32. The van der Waals surface area contributed by atoms with Crippen molar-refractivity contribution < 1.29 is 4.74 Å². The van der Waals surface area contributed by atoms with Crippen LogP contribution in [-0.4, -0.2) is 12.7 Å². The van der Waals surface area contributed by atoms with Gasteiger partial charge in [-0.3, -0.25) is 11.3 Å². The predicted molar refractivity (Wildman–Crippen MR) is 74.2 cm³/mol. The number of hydrogen-bond donors (Lipinski definition) is 2. The summed E-state index contributed by atoms with van der Waals surface area (Å²) < 4.78 is 5.68. The first kappa shape index (κ1) is 13.5. The van der Waals surface area contributed by atoms with Crippen molar-refractivity contribution in [1.29, 1.82) is 0 Å². The van der Waals surface area contributed by atoms with Crippen LogP contribution in [0.2, 0.25) is 0 Å². The van der Waals surface area contributed by atoms with Gasteiger partial charge in [0, 0.05) is 12.6 Å². The molecule has 1 heterocycles. The molecule has 0 amide bonds. The summed E-state index contributed by atoms with van der Waals surface area (Å²) in [5.41, 5.74) is 6.93. The largest absolute Gasteiger partial charge is 0.378 e. The molecule has 0 radical (unpaired) electrons. The molecule has 2 unspecified atom stereocenters. The summed E-state index contributed by atoms with van der Waals surface area (Å²) in [6, 6.07) is 6.63. The van der Waals surface area contributed by atoms with Gasteiger partial charge in [0.2, 0.25) is 0 Å². The molecule has 1 saturated heterocycles. The highest BCUT2D eigenvalue weighted by molar-refractivity contribution is 5.36. The first-order valence-corrected chi connectivity index (χ1v) is 6.86. The third-order valence-electron chi connectivity index (χ3n) is 3.89. The van der Waals surface area contributed by atoms with Crippen molar-refractivity contribution >= 4 is 0 Å². The summed E-state index contributed by atoms with van der Waals surface area (Å²) in [5, 5.41) is 0. The van der Waals surface area contributed by atoms with Crippen LogP contribution in [-0.2, 0) is 4.74 Å². The van der Waals surface area contributed by atoms with E-state index < -0.39 is 0 Å². The van der Waals surface area contributed by atoms with Crippen molar-refractivity contribution in [2.24, 2.45) is 5.84 Å². The van der Waals surface area contributed by atoms with Gasteiger partial charge in [0.05, 0.1) is 6.10 Å². The van der Waals surface area contributed by atoms with Gasteiger partial charge < -0.3 is 4.74 Å². The molecule has 0 spiro atoms. The van der Waals surface area contributed by atoms with Gasteiger partial charge in [-0.05, 0) is 56.2 Å². The first-order chi connectivity index (χ1) is 8.72. The number of rotatable bonds is 5. The molecule has 1 fully saturated rings. The van der Waals surface area contributed by atoms with Crippen LogP contribution in [0.15, 0.2) is 18.2 Å². The number of hydrazine groups is 1. The second-order valence-electron chi connectivity index (χ2n) is 5.24. The van der Waals surface area contributed by atoms with E-state index in [-0.39, 0.29) is 6.04 Å². The quantitative estimate of drug-likeness (QED) is 0.622. The number of aryl methyl sites for hydroxylation is 2. The second-order valence-corrected chi connectivity index (χ2v) is 5.24. The topological polar surface area (TPSA) is 47.3 Å².